The summed E-state index contributed by atoms with van der Waals surface area (Å²) in [6.45, 7) is 1.91. The molecular weight excluding hydrogens is 274 g/mol. The van der Waals surface area contributed by atoms with Gasteiger partial charge in [0.05, 0.1) is 0 Å². The minimum atomic E-state index is 0.603. The van der Waals surface area contributed by atoms with E-state index in [2.05, 4.69) is 25.9 Å². The molecule has 1 aromatic heterocycles. The van der Waals surface area contributed by atoms with E-state index in [0.29, 0.717) is 6.04 Å². The molecule has 1 aliphatic rings. The number of hydrogen-bond acceptors (Lipinski definition) is 3. The molecule has 0 radical (unpaired) electrons. The van der Waals surface area contributed by atoms with Gasteiger partial charge in [-0.1, -0.05) is 25.3 Å². The zero-order valence-electron chi connectivity index (χ0n) is 13.6. The van der Waals surface area contributed by atoms with Crippen molar-refractivity contribution >= 4 is 11.8 Å². The van der Waals surface area contributed by atoms with Crippen LogP contribution in [0.4, 0.5) is 5.82 Å². The van der Waals surface area contributed by atoms with Crippen LogP contribution in [-0.2, 0) is 0 Å². The van der Waals surface area contributed by atoms with Gasteiger partial charge in [-0.15, -0.1) is 0 Å². The quantitative estimate of drug-likeness (QED) is 0.412. The summed E-state index contributed by atoms with van der Waals surface area (Å²) in [6, 6.07) is 6.53. The molecule has 5 heteroatoms. The normalized spacial score (nSPS) is 16.3. The lowest BCUT2D eigenvalue weighted by Crippen LogP contribution is -2.44. The SMILES string of the molecule is CN=C(NCCCCNc1ccccn1)NC1CCCCC1. The van der Waals surface area contributed by atoms with E-state index in [-0.39, 0.29) is 0 Å². The number of aliphatic imine (C=N–C) groups is 1. The topological polar surface area (TPSA) is 61.3 Å². The van der Waals surface area contributed by atoms with E-state index >= 15 is 0 Å². The summed E-state index contributed by atoms with van der Waals surface area (Å²) in [5.74, 6) is 1.90. The minimum Gasteiger partial charge on any atom is -0.370 e. The molecule has 0 saturated heterocycles. The van der Waals surface area contributed by atoms with Crippen LogP contribution >= 0.6 is 0 Å². The third-order valence-electron chi connectivity index (χ3n) is 4.04. The fourth-order valence-corrected chi connectivity index (χ4v) is 2.78. The van der Waals surface area contributed by atoms with Crippen molar-refractivity contribution in [3.05, 3.63) is 24.4 Å². The van der Waals surface area contributed by atoms with Crippen LogP contribution in [0.25, 0.3) is 0 Å². The van der Waals surface area contributed by atoms with Crippen LogP contribution in [-0.4, -0.2) is 37.1 Å². The number of guanidine groups is 1. The molecule has 1 aliphatic carbocycles. The third-order valence-corrected chi connectivity index (χ3v) is 4.04. The monoisotopic (exact) mass is 303 g/mol. The zero-order valence-corrected chi connectivity index (χ0v) is 13.6. The summed E-state index contributed by atoms with van der Waals surface area (Å²) < 4.78 is 0. The Labute approximate surface area is 134 Å². The first-order chi connectivity index (χ1) is 10.9. The molecule has 0 aliphatic heterocycles. The smallest absolute Gasteiger partial charge is 0.191 e. The Morgan fingerprint density at radius 1 is 1.18 bits per heavy atom. The van der Waals surface area contributed by atoms with E-state index in [1.54, 1.807) is 0 Å². The molecule has 0 bridgehead atoms. The fourth-order valence-electron chi connectivity index (χ4n) is 2.78. The number of pyridine rings is 1. The first-order valence-corrected chi connectivity index (χ1v) is 8.50. The predicted molar refractivity (Wildman–Crippen MR) is 93.3 cm³/mol. The maximum atomic E-state index is 4.32. The Morgan fingerprint density at radius 3 is 2.73 bits per heavy atom. The molecule has 1 fully saturated rings. The number of nitrogens with zero attached hydrogens (tertiary/aromatic N) is 2. The van der Waals surface area contributed by atoms with Crippen LogP contribution in [0.15, 0.2) is 29.4 Å². The first-order valence-electron chi connectivity index (χ1n) is 8.50. The van der Waals surface area contributed by atoms with Gasteiger partial charge in [-0.3, -0.25) is 4.99 Å². The highest BCUT2D eigenvalue weighted by Crippen LogP contribution is 2.17. The maximum absolute atomic E-state index is 4.32. The number of rotatable bonds is 7. The molecule has 0 amide bonds. The van der Waals surface area contributed by atoms with E-state index in [1.165, 1.54) is 32.1 Å². The summed E-state index contributed by atoms with van der Waals surface area (Å²) in [7, 11) is 1.85. The number of nitrogens with one attached hydrogen (secondary N) is 3. The lowest BCUT2D eigenvalue weighted by molar-refractivity contribution is 0.410. The van der Waals surface area contributed by atoms with Gasteiger partial charge in [0.15, 0.2) is 5.96 Å². The van der Waals surface area contributed by atoms with E-state index < -0.39 is 0 Å². The highest BCUT2D eigenvalue weighted by atomic mass is 15.2. The van der Waals surface area contributed by atoms with Crippen molar-refractivity contribution in [2.24, 2.45) is 4.99 Å². The van der Waals surface area contributed by atoms with E-state index in [1.807, 2.05) is 31.4 Å². The first kappa shape index (κ1) is 16.6. The van der Waals surface area contributed by atoms with Crippen LogP contribution in [0.1, 0.15) is 44.9 Å². The molecule has 0 aromatic carbocycles. The summed E-state index contributed by atoms with van der Waals surface area (Å²) in [5, 5.41) is 10.3. The molecule has 3 N–H and O–H groups in total. The van der Waals surface area contributed by atoms with Crippen LogP contribution in [0, 0.1) is 0 Å². The second kappa shape index (κ2) is 10.0. The molecule has 0 unspecified atom stereocenters. The highest BCUT2D eigenvalue weighted by Gasteiger charge is 2.13. The van der Waals surface area contributed by atoms with Gasteiger partial charge in [-0.05, 0) is 37.8 Å². The van der Waals surface area contributed by atoms with Crippen molar-refractivity contribution in [1.82, 2.24) is 15.6 Å². The van der Waals surface area contributed by atoms with Crippen LogP contribution in [0.5, 0.6) is 0 Å². The van der Waals surface area contributed by atoms with Crippen LogP contribution < -0.4 is 16.0 Å². The maximum Gasteiger partial charge on any atom is 0.191 e. The van der Waals surface area contributed by atoms with Crippen LogP contribution in [0.3, 0.4) is 0 Å². The van der Waals surface area contributed by atoms with Crippen molar-refractivity contribution in [3.63, 3.8) is 0 Å². The van der Waals surface area contributed by atoms with Crippen molar-refractivity contribution in [1.29, 1.82) is 0 Å². The molecule has 1 heterocycles. The molecular formula is C17H29N5. The van der Waals surface area contributed by atoms with Gasteiger partial charge in [-0.2, -0.15) is 0 Å². The molecule has 22 heavy (non-hydrogen) atoms. The number of anilines is 1. The molecule has 1 saturated carbocycles. The van der Waals surface area contributed by atoms with Gasteiger partial charge < -0.3 is 16.0 Å². The summed E-state index contributed by atoms with van der Waals surface area (Å²) in [4.78, 5) is 8.56. The van der Waals surface area contributed by atoms with Crippen molar-refractivity contribution in [2.45, 2.75) is 51.0 Å². The molecule has 1 aromatic rings. The third kappa shape index (κ3) is 6.33. The lowest BCUT2D eigenvalue weighted by Gasteiger charge is -2.24. The molecule has 0 atom stereocenters. The number of unbranched alkanes of at least 4 members (excludes halogenated alkanes) is 1. The Bertz CT molecular complexity index is 426. The van der Waals surface area contributed by atoms with Gasteiger partial charge in [0.2, 0.25) is 0 Å². The highest BCUT2D eigenvalue weighted by molar-refractivity contribution is 5.79. The predicted octanol–water partition coefficient (Wildman–Crippen LogP) is 2.77. The zero-order chi connectivity index (χ0) is 15.5. The Hall–Kier alpha value is -1.78. The largest absolute Gasteiger partial charge is 0.370 e. The second-order valence-electron chi connectivity index (χ2n) is 5.83. The van der Waals surface area contributed by atoms with Gasteiger partial charge >= 0.3 is 0 Å². The minimum absolute atomic E-state index is 0.603. The molecule has 5 nitrogen and oxygen atoms in total. The standard InChI is InChI=1S/C17H29N5/c1-18-17(22-15-9-3-2-4-10-15)21-14-8-7-13-20-16-11-5-6-12-19-16/h5-6,11-12,15H,2-4,7-10,13-14H2,1H3,(H,19,20)(H2,18,21,22). The Morgan fingerprint density at radius 2 is 2.00 bits per heavy atom. The summed E-state index contributed by atoms with van der Waals surface area (Å²) in [5.41, 5.74) is 0. The summed E-state index contributed by atoms with van der Waals surface area (Å²) in [6.07, 6.45) is 10.7. The Balaban J connectivity index is 1.53. The molecule has 2 rings (SSSR count). The lowest BCUT2D eigenvalue weighted by atomic mass is 9.96. The number of hydrogen-bond donors (Lipinski definition) is 3. The van der Waals surface area contributed by atoms with Gasteiger partial charge in [0, 0.05) is 32.4 Å². The van der Waals surface area contributed by atoms with E-state index in [4.69, 9.17) is 0 Å². The van der Waals surface area contributed by atoms with Crippen molar-refractivity contribution in [2.75, 3.05) is 25.5 Å². The molecule has 0 spiro atoms. The second-order valence-corrected chi connectivity index (χ2v) is 5.83. The van der Waals surface area contributed by atoms with E-state index in [0.717, 1.165) is 37.7 Å². The Kier molecular flexibility index (Phi) is 7.56. The van der Waals surface area contributed by atoms with Crippen molar-refractivity contribution in [3.8, 4) is 0 Å². The van der Waals surface area contributed by atoms with Gasteiger partial charge in [-0.25, -0.2) is 4.98 Å². The average Bonchev–Trinajstić information content (AvgIpc) is 2.58. The van der Waals surface area contributed by atoms with Crippen LogP contribution in [0.2, 0.25) is 0 Å². The van der Waals surface area contributed by atoms with Crippen molar-refractivity contribution < 1.29 is 0 Å². The fraction of sp³-hybridized carbons (Fsp3) is 0.647. The number of aromatic nitrogens is 1. The van der Waals surface area contributed by atoms with Gasteiger partial charge in [0.1, 0.15) is 5.82 Å². The van der Waals surface area contributed by atoms with Gasteiger partial charge in [0.25, 0.3) is 0 Å². The summed E-state index contributed by atoms with van der Waals surface area (Å²) >= 11 is 0. The average molecular weight is 303 g/mol. The molecule has 122 valence electrons. The van der Waals surface area contributed by atoms with E-state index in [9.17, 15) is 0 Å².